The number of phenolic OH excluding ortho intramolecular Hbond substituents is 1. The molecule has 0 spiro atoms. The van der Waals surface area contributed by atoms with Crippen molar-refractivity contribution in [2.45, 2.75) is 44.8 Å². The van der Waals surface area contributed by atoms with Gasteiger partial charge in [-0.1, -0.05) is 0 Å². The first-order valence-electron chi connectivity index (χ1n) is 6.64. The lowest BCUT2D eigenvalue weighted by Crippen LogP contribution is -2.41. The zero-order chi connectivity index (χ0) is 16.0. The van der Waals surface area contributed by atoms with E-state index in [4.69, 9.17) is 15.0 Å². The summed E-state index contributed by atoms with van der Waals surface area (Å²) in [6, 6.07) is 3.74. The summed E-state index contributed by atoms with van der Waals surface area (Å²) in [6.07, 6.45) is 0. The molecule has 0 unspecified atom stereocenters. The fourth-order valence-electron chi connectivity index (χ4n) is 2.16. The molecule has 21 heavy (non-hydrogen) atoms. The number of nitrogens with two attached hydrogens (primary N) is 1. The van der Waals surface area contributed by atoms with Gasteiger partial charge in [-0.15, -0.1) is 0 Å². The first kappa shape index (κ1) is 15.7. The molecule has 1 atom stereocenters. The largest absolute Gasteiger partial charge is 0.508 e. The Bertz CT molecular complexity index is 560. The molecule has 1 heterocycles. The van der Waals surface area contributed by atoms with Crippen LogP contribution in [0, 0.1) is 10.1 Å². The fraction of sp³-hybridized carbons (Fsp3) is 0.538. The molecule has 2 rings (SSSR count). The molecule has 0 bridgehead atoms. The lowest BCUT2D eigenvalue weighted by Gasteiger charge is -2.32. The van der Waals surface area contributed by atoms with Gasteiger partial charge in [-0.2, -0.15) is 0 Å². The van der Waals surface area contributed by atoms with E-state index in [0.717, 1.165) is 0 Å². The number of aromatic hydroxyl groups is 1. The Kier molecular flexibility index (Phi) is 3.73. The van der Waals surface area contributed by atoms with Gasteiger partial charge in [-0.25, -0.2) is 0 Å². The van der Waals surface area contributed by atoms with Gasteiger partial charge in [-0.3, -0.25) is 10.1 Å². The van der Waals surface area contributed by atoms with Crippen molar-refractivity contribution >= 4 is 12.8 Å². The molecule has 7 nitrogen and oxygen atoms in total. The minimum absolute atomic E-state index is 0.0948. The van der Waals surface area contributed by atoms with E-state index in [2.05, 4.69) is 0 Å². The summed E-state index contributed by atoms with van der Waals surface area (Å²) in [5, 5.41) is 20.7. The molecule has 0 amide bonds. The van der Waals surface area contributed by atoms with Crippen molar-refractivity contribution < 1.29 is 19.3 Å². The van der Waals surface area contributed by atoms with Crippen LogP contribution in [0.25, 0.3) is 0 Å². The van der Waals surface area contributed by atoms with Crippen LogP contribution in [-0.2, 0) is 9.31 Å². The molecule has 0 aromatic heterocycles. The molecule has 1 aromatic rings. The van der Waals surface area contributed by atoms with Crippen molar-refractivity contribution in [3.8, 4) is 5.75 Å². The molecular formula is C13H19BN2O5. The van der Waals surface area contributed by atoms with E-state index in [0.29, 0.717) is 0 Å². The summed E-state index contributed by atoms with van der Waals surface area (Å²) in [6.45, 7) is 7.49. The maximum atomic E-state index is 11.1. The van der Waals surface area contributed by atoms with Crippen LogP contribution in [0.4, 0.5) is 5.69 Å². The standard InChI is InChI=1S/C13H19BN2O5/c1-12(2)13(3,4)21-14(20-12)11(15)9-7-8(17)5-6-10(9)16(18)19/h5-7,11,17H,15H2,1-4H3/t11-/m1/s1. The fourth-order valence-corrected chi connectivity index (χ4v) is 2.16. The van der Waals surface area contributed by atoms with Gasteiger partial charge in [-0.05, 0) is 39.8 Å². The number of hydrogen-bond acceptors (Lipinski definition) is 6. The number of nitro groups is 1. The Hall–Kier alpha value is -1.64. The third-order valence-corrected chi connectivity index (χ3v) is 4.13. The van der Waals surface area contributed by atoms with Crippen molar-refractivity contribution in [3.05, 3.63) is 33.9 Å². The SMILES string of the molecule is CC1(C)OB([C@H](N)c2cc(O)ccc2[N+](=O)[O-])OC1(C)C. The Labute approximate surface area is 123 Å². The Morgan fingerprint density at radius 2 is 1.81 bits per heavy atom. The van der Waals surface area contributed by atoms with E-state index in [1.54, 1.807) is 0 Å². The zero-order valence-corrected chi connectivity index (χ0v) is 12.5. The van der Waals surface area contributed by atoms with Gasteiger partial charge in [0.15, 0.2) is 0 Å². The monoisotopic (exact) mass is 294 g/mol. The highest BCUT2D eigenvalue weighted by atomic mass is 16.7. The Balaban J connectivity index is 2.36. The van der Waals surface area contributed by atoms with E-state index in [-0.39, 0.29) is 17.0 Å². The van der Waals surface area contributed by atoms with Crippen molar-refractivity contribution in [2.75, 3.05) is 0 Å². The average molecular weight is 294 g/mol. The number of rotatable bonds is 3. The van der Waals surface area contributed by atoms with E-state index in [1.165, 1.54) is 18.2 Å². The number of hydrogen-bond donors (Lipinski definition) is 2. The Morgan fingerprint density at radius 3 is 2.29 bits per heavy atom. The van der Waals surface area contributed by atoms with Gasteiger partial charge in [0.1, 0.15) is 5.75 Å². The molecule has 3 N–H and O–H groups in total. The lowest BCUT2D eigenvalue weighted by atomic mass is 9.74. The van der Waals surface area contributed by atoms with Crippen molar-refractivity contribution in [1.82, 2.24) is 0 Å². The van der Waals surface area contributed by atoms with Crippen LogP contribution in [0.15, 0.2) is 18.2 Å². The smallest absolute Gasteiger partial charge is 0.480 e. The number of nitrogens with zero attached hydrogens (tertiary/aromatic N) is 1. The van der Waals surface area contributed by atoms with Crippen molar-refractivity contribution in [2.24, 2.45) is 5.73 Å². The minimum atomic E-state index is -0.876. The summed E-state index contributed by atoms with van der Waals surface area (Å²) >= 11 is 0. The van der Waals surface area contributed by atoms with Crippen LogP contribution in [0.3, 0.4) is 0 Å². The molecule has 1 saturated heterocycles. The maximum absolute atomic E-state index is 11.1. The van der Waals surface area contributed by atoms with Gasteiger partial charge >= 0.3 is 7.12 Å². The quantitative estimate of drug-likeness (QED) is 0.501. The summed E-state index contributed by atoms with van der Waals surface area (Å²) in [4.78, 5) is 10.6. The lowest BCUT2D eigenvalue weighted by molar-refractivity contribution is -0.385. The van der Waals surface area contributed by atoms with Gasteiger partial charge in [0.05, 0.1) is 22.1 Å². The first-order chi connectivity index (χ1) is 9.55. The molecule has 1 aromatic carbocycles. The van der Waals surface area contributed by atoms with Crippen LogP contribution >= 0.6 is 0 Å². The molecule has 114 valence electrons. The predicted molar refractivity (Wildman–Crippen MR) is 77.8 cm³/mol. The molecule has 8 heteroatoms. The number of nitro benzene ring substituents is 1. The second-order valence-corrected chi connectivity index (χ2v) is 6.15. The van der Waals surface area contributed by atoms with Gasteiger partial charge < -0.3 is 20.1 Å². The van der Waals surface area contributed by atoms with Crippen LogP contribution in [0.1, 0.15) is 39.2 Å². The van der Waals surface area contributed by atoms with Crippen LogP contribution in [0.5, 0.6) is 5.75 Å². The van der Waals surface area contributed by atoms with E-state index < -0.39 is 29.2 Å². The van der Waals surface area contributed by atoms with Gasteiger partial charge in [0.25, 0.3) is 5.69 Å². The van der Waals surface area contributed by atoms with Crippen molar-refractivity contribution in [1.29, 1.82) is 0 Å². The third-order valence-electron chi connectivity index (χ3n) is 4.13. The van der Waals surface area contributed by atoms with Gasteiger partial charge in [0.2, 0.25) is 0 Å². The topological polar surface area (TPSA) is 108 Å². The average Bonchev–Trinajstić information content (AvgIpc) is 2.57. The maximum Gasteiger partial charge on any atom is 0.480 e. The summed E-state index contributed by atoms with van der Waals surface area (Å²) in [7, 11) is -0.824. The second kappa shape index (κ2) is 4.97. The van der Waals surface area contributed by atoms with Crippen LogP contribution in [-0.4, -0.2) is 28.4 Å². The van der Waals surface area contributed by atoms with Crippen LogP contribution < -0.4 is 5.73 Å². The summed E-state index contributed by atoms with van der Waals surface area (Å²) in [5.74, 6) is -0.971. The van der Waals surface area contributed by atoms with E-state index in [1.807, 2.05) is 27.7 Å². The Morgan fingerprint density at radius 1 is 1.29 bits per heavy atom. The molecule has 0 saturated carbocycles. The molecule has 0 radical (unpaired) electrons. The third kappa shape index (κ3) is 2.74. The first-order valence-corrected chi connectivity index (χ1v) is 6.64. The van der Waals surface area contributed by atoms with Crippen LogP contribution in [0.2, 0.25) is 0 Å². The number of benzene rings is 1. The van der Waals surface area contributed by atoms with Crippen molar-refractivity contribution in [3.63, 3.8) is 0 Å². The number of phenols is 1. The predicted octanol–water partition coefficient (Wildman–Crippen LogP) is 1.93. The second-order valence-electron chi connectivity index (χ2n) is 6.15. The highest BCUT2D eigenvalue weighted by Crippen LogP contribution is 2.41. The highest BCUT2D eigenvalue weighted by Gasteiger charge is 2.54. The minimum Gasteiger partial charge on any atom is -0.508 e. The summed E-state index contributed by atoms with van der Waals surface area (Å²) < 4.78 is 11.6. The van der Waals surface area contributed by atoms with E-state index in [9.17, 15) is 15.2 Å². The highest BCUT2D eigenvalue weighted by molar-refractivity contribution is 6.47. The van der Waals surface area contributed by atoms with Gasteiger partial charge in [0, 0.05) is 11.6 Å². The molecule has 1 aliphatic rings. The molecule has 1 aliphatic heterocycles. The summed E-state index contributed by atoms with van der Waals surface area (Å²) in [5.41, 5.74) is 4.93. The normalized spacial score (nSPS) is 21.3. The zero-order valence-electron chi connectivity index (χ0n) is 12.5. The molecule has 0 aliphatic carbocycles. The van der Waals surface area contributed by atoms with E-state index >= 15 is 0 Å². The molecular weight excluding hydrogens is 275 g/mol. The molecule has 1 fully saturated rings.